The molecule has 4 rings (SSSR count). The SMILES string of the molecule is CNCC(=O)N1CCN2C(=O)c3cc(-c4ccc(OC)cc4)ccc3NC(=O)C2C1. The summed E-state index contributed by atoms with van der Waals surface area (Å²) in [7, 11) is 3.31. The van der Waals surface area contributed by atoms with Gasteiger partial charge in [0.15, 0.2) is 0 Å². The first kappa shape index (κ1) is 19.9. The molecule has 2 heterocycles. The Balaban J connectivity index is 1.63. The van der Waals surface area contributed by atoms with Crippen molar-refractivity contribution in [1.82, 2.24) is 15.1 Å². The van der Waals surface area contributed by atoms with E-state index in [-0.39, 0.29) is 30.8 Å². The van der Waals surface area contributed by atoms with Crippen LogP contribution in [0.4, 0.5) is 5.69 Å². The number of anilines is 1. The Morgan fingerprint density at radius 2 is 1.87 bits per heavy atom. The molecule has 1 atom stereocenters. The zero-order valence-electron chi connectivity index (χ0n) is 17.0. The molecule has 0 radical (unpaired) electrons. The minimum Gasteiger partial charge on any atom is -0.497 e. The number of carbonyl (C=O) groups excluding carboxylic acids is 3. The topological polar surface area (TPSA) is 91.0 Å². The van der Waals surface area contributed by atoms with E-state index >= 15 is 0 Å². The second-order valence-electron chi connectivity index (χ2n) is 7.36. The maximum atomic E-state index is 13.3. The Bertz CT molecular complexity index is 989. The van der Waals surface area contributed by atoms with Crippen molar-refractivity contribution in [3.8, 4) is 16.9 Å². The average Bonchev–Trinajstić information content (AvgIpc) is 2.88. The summed E-state index contributed by atoms with van der Waals surface area (Å²) in [4.78, 5) is 41.6. The summed E-state index contributed by atoms with van der Waals surface area (Å²) >= 11 is 0. The molecule has 2 N–H and O–H groups in total. The van der Waals surface area contributed by atoms with Gasteiger partial charge in [-0.25, -0.2) is 0 Å². The number of hydrogen-bond donors (Lipinski definition) is 2. The van der Waals surface area contributed by atoms with Crippen LogP contribution in [0, 0.1) is 0 Å². The van der Waals surface area contributed by atoms with Gasteiger partial charge in [0.2, 0.25) is 11.8 Å². The van der Waals surface area contributed by atoms with Gasteiger partial charge in [-0.15, -0.1) is 0 Å². The van der Waals surface area contributed by atoms with Gasteiger partial charge in [-0.3, -0.25) is 14.4 Å². The molecule has 30 heavy (non-hydrogen) atoms. The monoisotopic (exact) mass is 408 g/mol. The van der Waals surface area contributed by atoms with Crippen molar-refractivity contribution in [2.45, 2.75) is 6.04 Å². The minimum atomic E-state index is -0.705. The predicted molar refractivity (Wildman–Crippen MR) is 112 cm³/mol. The summed E-state index contributed by atoms with van der Waals surface area (Å²) in [5.74, 6) is 0.192. The number of likely N-dealkylation sites (N-methyl/N-ethyl adjacent to an activating group) is 1. The van der Waals surface area contributed by atoms with Gasteiger partial charge in [0.25, 0.3) is 5.91 Å². The molecular formula is C22H24N4O4. The van der Waals surface area contributed by atoms with E-state index in [1.54, 1.807) is 36.1 Å². The molecule has 8 heteroatoms. The van der Waals surface area contributed by atoms with Crippen LogP contribution in [0.3, 0.4) is 0 Å². The standard InChI is InChI=1S/C22H24N4O4/c1-23-12-20(27)25-9-10-26-19(13-25)21(28)24-18-8-5-15(11-17(18)22(26)29)14-3-6-16(30-2)7-4-14/h3-8,11,19,23H,9-10,12-13H2,1-2H3,(H,24,28). The van der Waals surface area contributed by atoms with Crippen molar-refractivity contribution in [3.05, 3.63) is 48.0 Å². The first-order valence-electron chi connectivity index (χ1n) is 9.84. The van der Waals surface area contributed by atoms with Crippen LogP contribution < -0.4 is 15.4 Å². The molecule has 0 bridgehead atoms. The van der Waals surface area contributed by atoms with Gasteiger partial charge in [0.05, 0.1) is 31.5 Å². The maximum Gasteiger partial charge on any atom is 0.256 e. The van der Waals surface area contributed by atoms with Crippen molar-refractivity contribution in [3.63, 3.8) is 0 Å². The summed E-state index contributed by atoms with van der Waals surface area (Å²) in [6.45, 7) is 1.12. The number of methoxy groups -OCH3 is 1. The summed E-state index contributed by atoms with van der Waals surface area (Å²) in [6.07, 6.45) is 0. The van der Waals surface area contributed by atoms with E-state index in [4.69, 9.17) is 4.74 Å². The molecule has 0 aliphatic carbocycles. The molecule has 2 aromatic carbocycles. The van der Waals surface area contributed by atoms with Gasteiger partial charge in [-0.05, 0) is 42.4 Å². The molecule has 0 aromatic heterocycles. The molecule has 1 fully saturated rings. The number of amides is 3. The van der Waals surface area contributed by atoms with Crippen LogP contribution in [-0.2, 0) is 9.59 Å². The highest BCUT2D eigenvalue weighted by atomic mass is 16.5. The number of carbonyl (C=O) groups is 3. The summed E-state index contributed by atoms with van der Waals surface area (Å²) < 4.78 is 5.20. The highest BCUT2D eigenvalue weighted by Crippen LogP contribution is 2.31. The van der Waals surface area contributed by atoms with Crippen molar-refractivity contribution in [1.29, 1.82) is 0 Å². The highest BCUT2D eigenvalue weighted by molar-refractivity contribution is 6.10. The van der Waals surface area contributed by atoms with Gasteiger partial charge in [0.1, 0.15) is 11.8 Å². The number of rotatable bonds is 4. The van der Waals surface area contributed by atoms with Crippen LogP contribution in [0.5, 0.6) is 5.75 Å². The molecule has 1 saturated heterocycles. The van der Waals surface area contributed by atoms with E-state index in [0.717, 1.165) is 16.9 Å². The molecule has 2 aliphatic rings. The number of hydrogen-bond acceptors (Lipinski definition) is 5. The number of benzene rings is 2. The third-order valence-corrected chi connectivity index (χ3v) is 5.56. The molecular weight excluding hydrogens is 384 g/mol. The fourth-order valence-corrected chi connectivity index (χ4v) is 3.90. The molecule has 156 valence electrons. The van der Waals surface area contributed by atoms with Crippen molar-refractivity contribution in [2.24, 2.45) is 0 Å². The van der Waals surface area contributed by atoms with Gasteiger partial charge in [-0.2, -0.15) is 0 Å². The molecule has 8 nitrogen and oxygen atoms in total. The lowest BCUT2D eigenvalue weighted by Gasteiger charge is -2.39. The summed E-state index contributed by atoms with van der Waals surface area (Å²) in [5.41, 5.74) is 2.76. The fourth-order valence-electron chi connectivity index (χ4n) is 3.90. The van der Waals surface area contributed by atoms with Gasteiger partial charge in [-0.1, -0.05) is 18.2 Å². The zero-order chi connectivity index (χ0) is 21.3. The van der Waals surface area contributed by atoms with E-state index in [2.05, 4.69) is 10.6 Å². The average molecular weight is 408 g/mol. The Hall–Kier alpha value is -3.39. The second kappa shape index (κ2) is 8.16. The van der Waals surface area contributed by atoms with E-state index in [1.807, 2.05) is 30.3 Å². The summed E-state index contributed by atoms with van der Waals surface area (Å²) in [6, 6.07) is 12.3. The van der Waals surface area contributed by atoms with E-state index in [0.29, 0.717) is 24.3 Å². The molecule has 3 amide bonds. The molecule has 0 spiro atoms. The highest BCUT2D eigenvalue weighted by Gasteiger charge is 2.40. The second-order valence-corrected chi connectivity index (χ2v) is 7.36. The molecule has 1 unspecified atom stereocenters. The van der Waals surface area contributed by atoms with Crippen LogP contribution in [0.25, 0.3) is 11.1 Å². The van der Waals surface area contributed by atoms with Crippen LogP contribution in [-0.4, -0.2) is 73.9 Å². The molecule has 0 saturated carbocycles. The van der Waals surface area contributed by atoms with Gasteiger partial charge < -0.3 is 25.2 Å². The maximum absolute atomic E-state index is 13.3. The summed E-state index contributed by atoms with van der Waals surface area (Å²) in [5, 5.41) is 5.70. The third-order valence-electron chi connectivity index (χ3n) is 5.56. The fraction of sp³-hybridized carbons (Fsp3) is 0.318. The van der Waals surface area contributed by atoms with Crippen LogP contribution in [0.15, 0.2) is 42.5 Å². The van der Waals surface area contributed by atoms with Crippen LogP contribution in [0.1, 0.15) is 10.4 Å². The van der Waals surface area contributed by atoms with Crippen molar-refractivity contribution < 1.29 is 19.1 Å². The lowest BCUT2D eigenvalue weighted by atomic mass is 10.0. The lowest BCUT2D eigenvalue weighted by molar-refractivity contribution is -0.134. The largest absolute Gasteiger partial charge is 0.497 e. The molecule has 2 aromatic rings. The molecule has 2 aliphatic heterocycles. The Morgan fingerprint density at radius 1 is 1.13 bits per heavy atom. The Labute approximate surface area is 174 Å². The van der Waals surface area contributed by atoms with Crippen LogP contribution in [0.2, 0.25) is 0 Å². The number of ether oxygens (including phenoxy) is 1. The van der Waals surface area contributed by atoms with Crippen molar-refractivity contribution in [2.75, 3.05) is 45.7 Å². The third kappa shape index (κ3) is 3.61. The Morgan fingerprint density at radius 3 is 2.57 bits per heavy atom. The first-order chi connectivity index (χ1) is 14.5. The smallest absolute Gasteiger partial charge is 0.256 e. The zero-order valence-corrected chi connectivity index (χ0v) is 17.0. The minimum absolute atomic E-state index is 0.0825. The van der Waals surface area contributed by atoms with E-state index in [1.165, 1.54) is 0 Å². The Kier molecular flexibility index (Phi) is 5.41. The number of nitrogens with one attached hydrogen (secondary N) is 2. The van der Waals surface area contributed by atoms with E-state index < -0.39 is 6.04 Å². The predicted octanol–water partition coefficient (Wildman–Crippen LogP) is 1.19. The van der Waals surface area contributed by atoms with Gasteiger partial charge >= 0.3 is 0 Å². The normalized spacial score (nSPS) is 18.3. The number of piperazine rings is 1. The first-order valence-corrected chi connectivity index (χ1v) is 9.84. The van der Waals surface area contributed by atoms with Crippen molar-refractivity contribution >= 4 is 23.4 Å². The number of fused-ring (bicyclic) bond motifs is 2. The quantitative estimate of drug-likeness (QED) is 0.793. The number of nitrogens with zero attached hydrogens (tertiary/aromatic N) is 2. The van der Waals surface area contributed by atoms with Gasteiger partial charge in [0, 0.05) is 13.1 Å². The lowest BCUT2D eigenvalue weighted by Crippen LogP contribution is -2.60. The van der Waals surface area contributed by atoms with Crippen LogP contribution >= 0.6 is 0 Å². The van der Waals surface area contributed by atoms with E-state index in [9.17, 15) is 14.4 Å².